The number of hydrogen-bond acceptors (Lipinski definition) is 3. The first-order valence-electron chi connectivity index (χ1n) is 10.8. The molecule has 32 heavy (non-hydrogen) atoms. The highest BCUT2D eigenvalue weighted by Crippen LogP contribution is 2.35. The number of carbonyl (C=O) groups is 1. The zero-order valence-corrected chi connectivity index (χ0v) is 18.0. The second-order valence-corrected chi connectivity index (χ2v) is 8.29. The lowest BCUT2D eigenvalue weighted by Gasteiger charge is -2.31. The molecular formula is C28H24N2O2. The standard InChI is InChI=1S/C28H24N2O2/c1-19-9-5-6-12-21(19)15-22-17-30(16-20-10-3-2-4-11-20)18-24-26(28(31)32)23-13-7-8-14-25(23)29-27(22)24/h2-15H,16-18H2,1H3,(H,31,32). The number of benzene rings is 3. The minimum absolute atomic E-state index is 0.360. The van der Waals surface area contributed by atoms with Crippen molar-refractivity contribution in [2.45, 2.75) is 20.0 Å². The highest BCUT2D eigenvalue weighted by atomic mass is 16.4. The van der Waals surface area contributed by atoms with E-state index in [0.717, 1.165) is 34.5 Å². The Morgan fingerprint density at radius 2 is 1.69 bits per heavy atom. The molecule has 0 spiro atoms. The van der Waals surface area contributed by atoms with Gasteiger partial charge in [0.05, 0.1) is 16.8 Å². The van der Waals surface area contributed by atoms with Crippen LogP contribution in [0.3, 0.4) is 0 Å². The highest BCUT2D eigenvalue weighted by Gasteiger charge is 2.28. The number of fused-ring (bicyclic) bond motifs is 2. The summed E-state index contributed by atoms with van der Waals surface area (Å²) >= 11 is 0. The summed E-state index contributed by atoms with van der Waals surface area (Å²) in [5.41, 5.74) is 7.23. The van der Waals surface area contributed by atoms with E-state index in [1.165, 1.54) is 11.1 Å². The number of aromatic carboxylic acids is 1. The number of nitrogens with zero attached hydrogens (tertiary/aromatic N) is 2. The van der Waals surface area contributed by atoms with Crippen molar-refractivity contribution in [3.63, 3.8) is 0 Å². The zero-order valence-electron chi connectivity index (χ0n) is 18.0. The van der Waals surface area contributed by atoms with Crippen molar-refractivity contribution in [1.29, 1.82) is 0 Å². The van der Waals surface area contributed by atoms with Crippen molar-refractivity contribution in [2.75, 3.05) is 6.54 Å². The van der Waals surface area contributed by atoms with E-state index in [9.17, 15) is 9.90 Å². The summed E-state index contributed by atoms with van der Waals surface area (Å²) in [4.78, 5) is 19.7. The Kier molecular flexibility index (Phi) is 5.29. The number of pyridine rings is 1. The van der Waals surface area contributed by atoms with Gasteiger partial charge in [0.2, 0.25) is 0 Å². The fraction of sp³-hybridized carbons (Fsp3) is 0.143. The molecular weight excluding hydrogens is 396 g/mol. The molecule has 1 aromatic heterocycles. The maximum atomic E-state index is 12.4. The summed E-state index contributed by atoms with van der Waals surface area (Å²) in [5.74, 6) is -0.906. The average Bonchev–Trinajstić information content (AvgIpc) is 2.80. The van der Waals surface area contributed by atoms with E-state index < -0.39 is 5.97 Å². The second-order valence-electron chi connectivity index (χ2n) is 8.29. The number of aromatic nitrogens is 1. The number of rotatable bonds is 4. The van der Waals surface area contributed by atoms with Gasteiger partial charge in [0.25, 0.3) is 0 Å². The molecule has 1 aliphatic rings. The van der Waals surface area contributed by atoms with Crippen LogP contribution in [0, 0.1) is 6.92 Å². The lowest BCUT2D eigenvalue weighted by Crippen LogP contribution is -2.31. The van der Waals surface area contributed by atoms with E-state index in [4.69, 9.17) is 4.98 Å². The number of hydrogen-bond donors (Lipinski definition) is 1. The summed E-state index contributed by atoms with van der Waals surface area (Å²) in [6.45, 7) is 4.10. The topological polar surface area (TPSA) is 53.4 Å². The Balaban J connectivity index is 1.70. The fourth-order valence-electron chi connectivity index (χ4n) is 4.51. The van der Waals surface area contributed by atoms with Crippen LogP contribution < -0.4 is 0 Å². The van der Waals surface area contributed by atoms with E-state index in [1.807, 2.05) is 54.6 Å². The molecule has 0 atom stereocenters. The van der Waals surface area contributed by atoms with Crippen LogP contribution in [0.5, 0.6) is 0 Å². The van der Waals surface area contributed by atoms with E-state index in [0.29, 0.717) is 24.0 Å². The van der Waals surface area contributed by atoms with E-state index in [2.05, 4.69) is 42.2 Å². The van der Waals surface area contributed by atoms with Gasteiger partial charge in [-0.15, -0.1) is 0 Å². The van der Waals surface area contributed by atoms with Gasteiger partial charge in [-0.3, -0.25) is 4.90 Å². The lowest BCUT2D eigenvalue weighted by molar-refractivity contribution is 0.0696. The molecule has 3 aromatic carbocycles. The summed E-state index contributed by atoms with van der Waals surface area (Å²) in [7, 11) is 0. The number of carboxylic acids is 1. The van der Waals surface area contributed by atoms with E-state index in [1.54, 1.807) is 0 Å². The smallest absolute Gasteiger partial charge is 0.336 e. The average molecular weight is 421 g/mol. The summed E-state index contributed by atoms with van der Waals surface area (Å²) in [6.07, 6.45) is 2.17. The van der Waals surface area contributed by atoms with Gasteiger partial charge in [0.1, 0.15) is 0 Å². The van der Waals surface area contributed by atoms with Gasteiger partial charge in [0, 0.05) is 30.6 Å². The zero-order chi connectivity index (χ0) is 22.1. The Morgan fingerprint density at radius 3 is 2.47 bits per heavy atom. The maximum absolute atomic E-state index is 12.4. The second kappa shape index (κ2) is 8.40. The monoisotopic (exact) mass is 420 g/mol. The molecule has 0 fully saturated rings. The molecule has 0 aliphatic carbocycles. The predicted molar refractivity (Wildman–Crippen MR) is 128 cm³/mol. The summed E-state index contributed by atoms with van der Waals surface area (Å²) < 4.78 is 0. The molecule has 4 aromatic rings. The predicted octanol–water partition coefficient (Wildman–Crippen LogP) is 5.80. The third kappa shape index (κ3) is 3.81. The maximum Gasteiger partial charge on any atom is 0.336 e. The van der Waals surface area contributed by atoms with Crippen molar-refractivity contribution >= 4 is 28.5 Å². The molecule has 0 bridgehead atoms. The van der Waals surface area contributed by atoms with Gasteiger partial charge >= 0.3 is 5.97 Å². The minimum Gasteiger partial charge on any atom is -0.478 e. The normalized spacial score (nSPS) is 15.1. The van der Waals surface area contributed by atoms with Crippen LogP contribution in [-0.2, 0) is 13.1 Å². The molecule has 0 saturated carbocycles. The third-order valence-corrected chi connectivity index (χ3v) is 6.05. The van der Waals surface area contributed by atoms with Crippen LogP contribution in [0.15, 0.2) is 78.9 Å². The van der Waals surface area contributed by atoms with Crippen LogP contribution in [0.25, 0.3) is 22.6 Å². The number of carboxylic acid groups (broad SMARTS) is 1. The van der Waals surface area contributed by atoms with Crippen molar-refractivity contribution in [3.8, 4) is 0 Å². The number of para-hydroxylation sites is 1. The molecule has 0 radical (unpaired) electrons. The Bertz CT molecular complexity index is 1340. The fourth-order valence-corrected chi connectivity index (χ4v) is 4.51. The van der Waals surface area contributed by atoms with Crippen LogP contribution in [0.1, 0.15) is 38.3 Å². The van der Waals surface area contributed by atoms with Gasteiger partial charge in [-0.1, -0.05) is 72.8 Å². The molecule has 0 saturated heterocycles. The first-order chi connectivity index (χ1) is 15.6. The first-order valence-corrected chi connectivity index (χ1v) is 10.8. The minimum atomic E-state index is -0.906. The van der Waals surface area contributed by atoms with Crippen molar-refractivity contribution in [2.24, 2.45) is 0 Å². The molecule has 0 amide bonds. The van der Waals surface area contributed by atoms with Crippen molar-refractivity contribution in [1.82, 2.24) is 9.88 Å². The largest absolute Gasteiger partial charge is 0.478 e. The van der Waals surface area contributed by atoms with Gasteiger partial charge in [-0.25, -0.2) is 9.78 Å². The summed E-state index contributed by atoms with van der Waals surface area (Å²) in [6, 6.07) is 26.1. The first kappa shape index (κ1) is 20.2. The Hall–Kier alpha value is -3.76. The SMILES string of the molecule is Cc1ccccc1C=C1CN(Cc2ccccc2)Cc2c1nc1ccccc1c2C(=O)O. The van der Waals surface area contributed by atoms with Crippen LogP contribution in [0.2, 0.25) is 0 Å². The van der Waals surface area contributed by atoms with Gasteiger partial charge in [-0.05, 0) is 41.3 Å². The van der Waals surface area contributed by atoms with Crippen molar-refractivity contribution in [3.05, 3.63) is 112 Å². The van der Waals surface area contributed by atoms with Crippen LogP contribution >= 0.6 is 0 Å². The molecule has 2 heterocycles. The Morgan fingerprint density at radius 1 is 0.969 bits per heavy atom. The molecule has 0 unspecified atom stereocenters. The molecule has 158 valence electrons. The summed E-state index contributed by atoms with van der Waals surface area (Å²) in [5, 5.41) is 10.9. The van der Waals surface area contributed by atoms with Crippen molar-refractivity contribution < 1.29 is 9.90 Å². The molecule has 1 N–H and O–H groups in total. The quantitative estimate of drug-likeness (QED) is 0.453. The molecule has 5 rings (SSSR count). The van der Waals surface area contributed by atoms with E-state index >= 15 is 0 Å². The lowest BCUT2D eigenvalue weighted by atomic mass is 9.91. The van der Waals surface area contributed by atoms with Crippen LogP contribution in [0.4, 0.5) is 0 Å². The highest BCUT2D eigenvalue weighted by molar-refractivity contribution is 6.06. The number of aryl methyl sites for hydroxylation is 1. The molecule has 4 heteroatoms. The van der Waals surface area contributed by atoms with E-state index in [-0.39, 0.29) is 0 Å². The van der Waals surface area contributed by atoms with Crippen LogP contribution in [-0.4, -0.2) is 27.5 Å². The van der Waals surface area contributed by atoms with Gasteiger partial charge < -0.3 is 5.11 Å². The Labute approximate surface area is 187 Å². The third-order valence-electron chi connectivity index (χ3n) is 6.05. The van der Waals surface area contributed by atoms with Gasteiger partial charge in [-0.2, -0.15) is 0 Å². The molecule has 1 aliphatic heterocycles. The van der Waals surface area contributed by atoms with Gasteiger partial charge in [0.15, 0.2) is 0 Å². The molecule has 4 nitrogen and oxygen atoms in total.